The largest absolute Gasteiger partial charge is 0.465 e. The third-order valence-electron chi connectivity index (χ3n) is 7.71. The first kappa shape index (κ1) is 27.6. The van der Waals surface area contributed by atoms with Crippen LogP contribution in [0.4, 0.5) is 19.3 Å². The molecule has 4 N–H and O–H groups in total. The number of halogens is 2. The normalized spacial score (nSPS) is 17.3. The number of piperidine rings is 1. The second-order valence-electron chi connectivity index (χ2n) is 10.9. The molecule has 5 heterocycles. The van der Waals surface area contributed by atoms with Crippen LogP contribution in [0.3, 0.4) is 0 Å². The predicted molar refractivity (Wildman–Crippen MR) is 142 cm³/mol. The van der Waals surface area contributed by atoms with E-state index in [-0.39, 0.29) is 23.5 Å². The SMILES string of the molecule is CC(C)(CN)n1cc(-c2cccc(C(=O)Nc3cn(C4CN(C5CCN(C(=O)O)CC5)C4)nc3C(F)F)n2)cn1. The molecule has 0 spiro atoms. The number of nitrogens with two attached hydrogens (primary N) is 1. The molecule has 2 fully saturated rings. The Labute approximate surface area is 229 Å². The number of carbonyl (C=O) groups excluding carboxylic acids is 1. The van der Waals surface area contributed by atoms with Crippen LogP contribution in [0.15, 0.2) is 36.8 Å². The minimum Gasteiger partial charge on any atom is -0.465 e. The standard InChI is InChI=1S/C26H33F2N9O3/c1-26(2,15-29)37-11-16(10-30-37)19-4-3-5-20(31-19)24(38)32-21-14-36(33-22(21)23(27)28)18-12-35(13-18)17-6-8-34(9-7-17)25(39)40/h3-5,10-11,14,17-18,23H,6-9,12-13,15,29H2,1-2H3,(H,32,38)(H,39,40). The van der Waals surface area contributed by atoms with Gasteiger partial charge in [-0.25, -0.2) is 18.6 Å². The minimum absolute atomic E-state index is 0.0575. The lowest BCUT2D eigenvalue weighted by atomic mass is 9.98. The van der Waals surface area contributed by atoms with E-state index in [1.807, 2.05) is 13.8 Å². The fourth-order valence-electron chi connectivity index (χ4n) is 5.01. The van der Waals surface area contributed by atoms with Crippen LogP contribution in [0.5, 0.6) is 0 Å². The molecule has 2 aliphatic heterocycles. The summed E-state index contributed by atoms with van der Waals surface area (Å²) in [7, 11) is 0. The molecule has 0 unspecified atom stereocenters. The van der Waals surface area contributed by atoms with Crippen molar-refractivity contribution in [1.29, 1.82) is 0 Å². The van der Waals surface area contributed by atoms with E-state index in [0.29, 0.717) is 44.0 Å². The van der Waals surface area contributed by atoms with Crippen LogP contribution in [-0.4, -0.2) is 90.2 Å². The molecule has 0 saturated carbocycles. The molecule has 12 nitrogen and oxygen atoms in total. The lowest BCUT2D eigenvalue weighted by molar-refractivity contribution is 0.0211. The van der Waals surface area contributed by atoms with Crippen molar-refractivity contribution in [2.24, 2.45) is 5.73 Å². The van der Waals surface area contributed by atoms with Crippen molar-refractivity contribution in [3.8, 4) is 11.3 Å². The van der Waals surface area contributed by atoms with Crippen molar-refractivity contribution in [3.63, 3.8) is 0 Å². The van der Waals surface area contributed by atoms with E-state index in [2.05, 4.69) is 25.4 Å². The first-order chi connectivity index (χ1) is 19.1. The Bertz CT molecular complexity index is 1380. The molecule has 0 radical (unpaired) electrons. The molecule has 0 bridgehead atoms. The number of rotatable bonds is 8. The number of carbonyl (C=O) groups is 2. The third kappa shape index (κ3) is 5.54. The van der Waals surface area contributed by atoms with Crippen LogP contribution in [-0.2, 0) is 5.54 Å². The average Bonchev–Trinajstić information content (AvgIpc) is 3.57. The van der Waals surface area contributed by atoms with Crippen molar-refractivity contribution in [2.45, 2.75) is 50.7 Å². The summed E-state index contributed by atoms with van der Waals surface area (Å²) in [4.78, 5) is 32.2. The summed E-state index contributed by atoms with van der Waals surface area (Å²) in [6, 6.07) is 5.06. The van der Waals surface area contributed by atoms with Gasteiger partial charge in [0, 0.05) is 56.7 Å². The molecule has 14 heteroatoms. The Morgan fingerprint density at radius 2 is 1.90 bits per heavy atom. The van der Waals surface area contributed by atoms with Crippen LogP contribution in [0.1, 0.15) is 55.3 Å². The Morgan fingerprint density at radius 3 is 2.55 bits per heavy atom. The van der Waals surface area contributed by atoms with Gasteiger partial charge in [0.1, 0.15) is 5.69 Å². The van der Waals surface area contributed by atoms with Crippen molar-refractivity contribution in [3.05, 3.63) is 48.2 Å². The first-order valence-electron chi connectivity index (χ1n) is 13.2. The van der Waals surface area contributed by atoms with Gasteiger partial charge in [-0.3, -0.25) is 19.1 Å². The lowest BCUT2D eigenvalue weighted by Crippen LogP contribution is -2.56. The highest BCUT2D eigenvalue weighted by molar-refractivity contribution is 6.03. The third-order valence-corrected chi connectivity index (χ3v) is 7.71. The highest BCUT2D eigenvalue weighted by Gasteiger charge is 2.37. The lowest BCUT2D eigenvalue weighted by Gasteiger charge is -2.46. The number of pyridine rings is 1. The number of amides is 2. The zero-order valence-corrected chi connectivity index (χ0v) is 22.4. The van der Waals surface area contributed by atoms with Gasteiger partial charge in [0.05, 0.1) is 29.2 Å². The van der Waals surface area contributed by atoms with E-state index in [0.717, 1.165) is 12.8 Å². The number of nitrogens with zero attached hydrogens (tertiary/aromatic N) is 7. The van der Waals surface area contributed by atoms with E-state index in [4.69, 9.17) is 10.8 Å². The van der Waals surface area contributed by atoms with Gasteiger partial charge in [0.2, 0.25) is 0 Å². The van der Waals surface area contributed by atoms with Gasteiger partial charge in [-0.15, -0.1) is 0 Å². The fraction of sp³-hybridized carbons (Fsp3) is 0.500. The van der Waals surface area contributed by atoms with Gasteiger partial charge in [0.25, 0.3) is 12.3 Å². The molecule has 2 saturated heterocycles. The summed E-state index contributed by atoms with van der Waals surface area (Å²) in [6.07, 6.45) is 2.57. The summed E-state index contributed by atoms with van der Waals surface area (Å²) in [6.45, 7) is 6.49. The molecule has 3 aromatic heterocycles. The maximum atomic E-state index is 13.8. The van der Waals surface area contributed by atoms with E-state index >= 15 is 0 Å². The van der Waals surface area contributed by atoms with E-state index in [1.165, 1.54) is 21.8 Å². The number of likely N-dealkylation sites (tertiary alicyclic amines) is 2. The second-order valence-corrected chi connectivity index (χ2v) is 10.9. The van der Waals surface area contributed by atoms with Gasteiger partial charge in [-0.05, 0) is 38.8 Å². The number of nitrogens with one attached hydrogen (secondary N) is 1. The Hall–Kier alpha value is -3.91. The monoisotopic (exact) mass is 557 g/mol. The minimum atomic E-state index is -2.87. The van der Waals surface area contributed by atoms with E-state index < -0.39 is 29.7 Å². The quantitative estimate of drug-likeness (QED) is 0.383. The highest BCUT2D eigenvalue weighted by atomic mass is 19.3. The van der Waals surface area contributed by atoms with E-state index in [9.17, 15) is 18.4 Å². The number of anilines is 1. The summed E-state index contributed by atoms with van der Waals surface area (Å²) < 4.78 is 30.9. The predicted octanol–water partition coefficient (Wildman–Crippen LogP) is 3.02. The zero-order valence-electron chi connectivity index (χ0n) is 22.4. The molecule has 40 heavy (non-hydrogen) atoms. The zero-order chi connectivity index (χ0) is 28.6. The molecular weight excluding hydrogens is 524 g/mol. The summed E-state index contributed by atoms with van der Waals surface area (Å²) in [5.74, 6) is -0.626. The molecular formula is C26H33F2N9O3. The van der Waals surface area contributed by atoms with Crippen molar-refractivity contribution >= 4 is 17.7 Å². The van der Waals surface area contributed by atoms with E-state index in [1.54, 1.807) is 29.2 Å². The Kier molecular flexibility index (Phi) is 7.55. The molecule has 0 aliphatic carbocycles. The number of aromatic nitrogens is 5. The van der Waals surface area contributed by atoms with Crippen molar-refractivity contribution in [2.75, 3.05) is 38.0 Å². The molecule has 3 aromatic rings. The van der Waals surface area contributed by atoms with Gasteiger partial charge in [-0.2, -0.15) is 10.2 Å². The number of hydrogen-bond acceptors (Lipinski definition) is 7. The average molecular weight is 558 g/mol. The first-order valence-corrected chi connectivity index (χ1v) is 13.2. The molecule has 2 aliphatic rings. The highest BCUT2D eigenvalue weighted by Crippen LogP contribution is 2.32. The summed E-state index contributed by atoms with van der Waals surface area (Å²) in [5, 5.41) is 20.1. The number of hydrogen-bond donors (Lipinski definition) is 3. The smallest absolute Gasteiger partial charge is 0.407 e. The van der Waals surface area contributed by atoms with Crippen LogP contribution >= 0.6 is 0 Å². The maximum absolute atomic E-state index is 13.8. The molecule has 214 valence electrons. The van der Waals surface area contributed by atoms with Gasteiger partial charge >= 0.3 is 6.09 Å². The Balaban J connectivity index is 1.25. The molecule has 0 aromatic carbocycles. The number of alkyl halides is 2. The van der Waals surface area contributed by atoms with Crippen LogP contribution in [0, 0.1) is 0 Å². The summed E-state index contributed by atoms with van der Waals surface area (Å²) >= 11 is 0. The summed E-state index contributed by atoms with van der Waals surface area (Å²) in [5.41, 5.74) is 6.16. The van der Waals surface area contributed by atoms with Crippen LogP contribution in [0.25, 0.3) is 11.3 Å². The van der Waals surface area contributed by atoms with Crippen LogP contribution < -0.4 is 11.1 Å². The van der Waals surface area contributed by atoms with Gasteiger partial charge in [-0.1, -0.05) is 6.07 Å². The maximum Gasteiger partial charge on any atom is 0.407 e. The molecule has 2 amide bonds. The topological polar surface area (TPSA) is 147 Å². The van der Waals surface area contributed by atoms with Gasteiger partial charge in [0.15, 0.2) is 5.69 Å². The molecule has 0 atom stereocenters. The second kappa shape index (κ2) is 10.9. The number of carboxylic acid groups (broad SMARTS) is 1. The van der Waals surface area contributed by atoms with Crippen molar-refractivity contribution in [1.82, 2.24) is 34.3 Å². The van der Waals surface area contributed by atoms with Crippen LogP contribution in [0.2, 0.25) is 0 Å². The van der Waals surface area contributed by atoms with Crippen molar-refractivity contribution < 1.29 is 23.5 Å². The Morgan fingerprint density at radius 1 is 1.18 bits per heavy atom. The fourth-order valence-corrected chi connectivity index (χ4v) is 5.01. The van der Waals surface area contributed by atoms with Gasteiger partial charge < -0.3 is 21.1 Å². The molecule has 5 rings (SSSR count).